The van der Waals surface area contributed by atoms with Crippen molar-refractivity contribution in [1.82, 2.24) is 4.98 Å². The second-order valence-electron chi connectivity index (χ2n) is 2.98. The Kier molecular flexibility index (Phi) is 4.24. The molecule has 0 saturated heterocycles. The SMILES string of the molecule is N#CCc1c(I)cnc(C(F)(F)F)c1C(F)F. The minimum absolute atomic E-state index is 0.118. The van der Waals surface area contributed by atoms with Gasteiger partial charge < -0.3 is 0 Å². The Balaban J connectivity index is 3.54. The predicted octanol–water partition coefficient (Wildman–Crippen LogP) is 3.71. The molecule has 0 unspecified atom stereocenters. The highest BCUT2D eigenvalue weighted by Gasteiger charge is 2.39. The van der Waals surface area contributed by atoms with Gasteiger partial charge in [0.25, 0.3) is 6.43 Å². The van der Waals surface area contributed by atoms with Crippen LogP contribution in [0.15, 0.2) is 6.20 Å². The number of nitriles is 1. The van der Waals surface area contributed by atoms with E-state index in [4.69, 9.17) is 5.26 Å². The number of hydrogen-bond donors (Lipinski definition) is 0. The maximum absolute atomic E-state index is 12.7. The number of rotatable bonds is 2. The highest BCUT2D eigenvalue weighted by Crippen LogP contribution is 2.38. The summed E-state index contributed by atoms with van der Waals surface area (Å²) in [5.74, 6) is 0. The van der Waals surface area contributed by atoms with E-state index in [1.54, 1.807) is 28.7 Å². The van der Waals surface area contributed by atoms with Crippen LogP contribution in [0.25, 0.3) is 0 Å². The summed E-state index contributed by atoms with van der Waals surface area (Å²) in [6.07, 6.45) is -7.96. The van der Waals surface area contributed by atoms with Gasteiger partial charge in [-0.1, -0.05) is 0 Å². The summed E-state index contributed by atoms with van der Waals surface area (Å²) in [4.78, 5) is 2.99. The van der Waals surface area contributed by atoms with Crippen molar-refractivity contribution in [2.75, 3.05) is 0 Å². The second kappa shape index (κ2) is 5.12. The van der Waals surface area contributed by atoms with Crippen LogP contribution in [-0.4, -0.2) is 4.98 Å². The molecule has 0 aromatic carbocycles. The van der Waals surface area contributed by atoms with Crippen LogP contribution in [0.2, 0.25) is 0 Å². The van der Waals surface area contributed by atoms with Crippen LogP contribution < -0.4 is 0 Å². The van der Waals surface area contributed by atoms with Gasteiger partial charge in [0, 0.05) is 9.77 Å². The van der Waals surface area contributed by atoms with E-state index in [0.717, 1.165) is 6.20 Å². The Labute approximate surface area is 107 Å². The van der Waals surface area contributed by atoms with Gasteiger partial charge in [0.2, 0.25) is 0 Å². The van der Waals surface area contributed by atoms with Crippen LogP contribution in [0.3, 0.4) is 0 Å². The predicted molar refractivity (Wildman–Crippen MR) is 56.2 cm³/mol. The quantitative estimate of drug-likeness (QED) is 0.594. The largest absolute Gasteiger partial charge is 0.433 e. The lowest BCUT2D eigenvalue weighted by Gasteiger charge is -2.15. The Morgan fingerprint density at radius 3 is 2.41 bits per heavy atom. The molecule has 1 aromatic heterocycles. The molecule has 0 bridgehead atoms. The molecule has 0 radical (unpaired) electrons. The molecule has 0 aliphatic heterocycles. The minimum atomic E-state index is -4.96. The number of alkyl halides is 5. The van der Waals surface area contributed by atoms with Crippen LogP contribution >= 0.6 is 22.6 Å². The van der Waals surface area contributed by atoms with Gasteiger partial charge in [-0.05, 0) is 28.2 Å². The molecule has 17 heavy (non-hydrogen) atoms. The maximum atomic E-state index is 12.7. The first-order valence-electron chi connectivity index (χ1n) is 4.18. The fraction of sp³-hybridized carbons (Fsp3) is 0.333. The summed E-state index contributed by atoms with van der Waals surface area (Å²) in [7, 11) is 0. The van der Waals surface area contributed by atoms with Gasteiger partial charge in [0.05, 0.1) is 18.1 Å². The lowest BCUT2D eigenvalue weighted by atomic mass is 10.0. The van der Waals surface area contributed by atoms with Gasteiger partial charge >= 0.3 is 6.18 Å². The number of aromatic nitrogens is 1. The van der Waals surface area contributed by atoms with Crippen LogP contribution in [0.4, 0.5) is 22.0 Å². The van der Waals surface area contributed by atoms with Crippen LogP contribution in [0.1, 0.15) is 23.2 Å². The molecule has 0 spiro atoms. The molecular weight excluding hydrogens is 358 g/mol. The van der Waals surface area contributed by atoms with E-state index in [1.807, 2.05) is 0 Å². The third-order valence-electron chi connectivity index (χ3n) is 1.92. The molecule has 0 amide bonds. The summed E-state index contributed by atoms with van der Waals surface area (Å²) >= 11 is 1.57. The maximum Gasteiger partial charge on any atom is 0.433 e. The lowest BCUT2D eigenvalue weighted by molar-refractivity contribution is -0.143. The van der Waals surface area contributed by atoms with E-state index in [1.165, 1.54) is 0 Å². The van der Waals surface area contributed by atoms with E-state index >= 15 is 0 Å². The minimum Gasteiger partial charge on any atom is -0.250 e. The fourth-order valence-corrected chi connectivity index (χ4v) is 1.88. The average molecular weight is 362 g/mol. The zero-order chi connectivity index (χ0) is 13.2. The van der Waals surface area contributed by atoms with E-state index < -0.39 is 30.3 Å². The van der Waals surface area contributed by atoms with Gasteiger partial charge in [-0.3, -0.25) is 4.98 Å². The summed E-state index contributed by atoms with van der Waals surface area (Å²) in [5.41, 5.74) is -3.14. The van der Waals surface area contributed by atoms with Crippen molar-refractivity contribution in [3.05, 3.63) is 26.6 Å². The Hall–Kier alpha value is -0.980. The molecule has 0 N–H and O–H groups in total. The highest BCUT2D eigenvalue weighted by molar-refractivity contribution is 14.1. The third kappa shape index (κ3) is 3.02. The first-order chi connectivity index (χ1) is 7.79. The second-order valence-corrected chi connectivity index (χ2v) is 4.14. The van der Waals surface area contributed by atoms with E-state index in [0.29, 0.717) is 0 Å². The number of pyridine rings is 1. The molecule has 1 aromatic rings. The number of nitrogens with zero attached hydrogens (tertiary/aromatic N) is 2. The topological polar surface area (TPSA) is 36.7 Å². The van der Waals surface area contributed by atoms with Crippen molar-refractivity contribution in [1.29, 1.82) is 5.26 Å². The zero-order valence-corrected chi connectivity index (χ0v) is 10.2. The summed E-state index contributed by atoms with van der Waals surface area (Å²) in [6.45, 7) is 0. The van der Waals surface area contributed by atoms with Gasteiger partial charge in [0.15, 0.2) is 5.69 Å². The number of hydrogen-bond acceptors (Lipinski definition) is 2. The zero-order valence-electron chi connectivity index (χ0n) is 8.02. The van der Waals surface area contributed by atoms with E-state index in [2.05, 4.69) is 4.98 Å². The molecule has 0 saturated carbocycles. The summed E-state index contributed by atoms with van der Waals surface area (Å²) in [6, 6.07) is 1.57. The van der Waals surface area contributed by atoms with Gasteiger partial charge in [0.1, 0.15) is 0 Å². The molecule has 92 valence electrons. The normalized spacial score (nSPS) is 11.6. The smallest absolute Gasteiger partial charge is 0.250 e. The molecule has 1 heterocycles. The highest BCUT2D eigenvalue weighted by atomic mass is 127. The van der Waals surface area contributed by atoms with Crippen molar-refractivity contribution in [2.45, 2.75) is 19.0 Å². The number of halogens is 6. The van der Waals surface area contributed by atoms with Gasteiger partial charge in [-0.25, -0.2) is 8.78 Å². The Morgan fingerprint density at radius 1 is 1.41 bits per heavy atom. The van der Waals surface area contributed by atoms with Crippen molar-refractivity contribution < 1.29 is 22.0 Å². The summed E-state index contributed by atoms with van der Waals surface area (Å²) in [5, 5.41) is 8.44. The van der Waals surface area contributed by atoms with Crippen molar-refractivity contribution in [3.63, 3.8) is 0 Å². The molecule has 0 atom stereocenters. The lowest BCUT2D eigenvalue weighted by Crippen LogP contribution is -2.15. The van der Waals surface area contributed by atoms with Crippen molar-refractivity contribution in [2.24, 2.45) is 0 Å². The first-order valence-corrected chi connectivity index (χ1v) is 5.26. The summed E-state index contributed by atoms with van der Waals surface area (Å²) < 4.78 is 62.9. The molecule has 0 fully saturated rings. The van der Waals surface area contributed by atoms with Crippen LogP contribution in [0.5, 0.6) is 0 Å². The van der Waals surface area contributed by atoms with Gasteiger partial charge in [-0.15, -0.1) is 0 Å². The molecule has 1 rings (SSSR count). The van der Waals surface area contributed by atoms with E-state index in [-0.39, 0.29) is 9.13 Å². The molecule has 8 heteroatoms. The third-order valence-corrected chi connectivity index (χ3v) is 2.85. The monoisotopic (exact) mass is 362 g/mol. The average Bonchev–Trinajstić information content (AvgIpc) is 2.18. The molecule has 0 aliphatic rings. The molecule has 0 aliphatic carbocycles. The first kappa shape index (κ1) is 14.1. The Bertz CT molecular complexity index is 464. The van der Waals surface area contributed by atoms with E-state index in [9.17, 15) is 22.0 Å². The van der Waals surface area contributed by atoms with Crippen LogP contribution in [-0.2, 0) is 12.6 Å². The molecule has 2 nitrogen and oxygen atoms in total. The Morgan fingerprint density at radius 2 is 2.00 bits per heavy atom. The van der Waals surface area contributed by atoms with Crippen molar-refractivity contribution >= 4 is 22.6 Å². The fourth-order valence-electron chi connectivity index (χ4n) is 1.26. The van der Waals surface area contributed by atoms with Crippen LogP contribution in [0, 0.1) is 14.9 Å². The standard InChI is InChI=1S/C9H4F5IN2/c10-8(11)6-4(1-2-16)5(15)3-17-7(6)9(12,13)14/h3,8H,1H2. The van der Waals surface area contributed by atoms with Gasteiger partial charge in [-0.2, -0.15) is 18.4 Å². The van der Waals surface area contributed by atoms with Crippen molar-refractivity contribution in [3.8, 4) is 6.07 Å². The molecular formula is C9H4F5IN2.